The molecule has 1 saturated heterocycles. The van der Waals surface area contributed by atoms with Gasteiger partial charge in [0.2, 0.25) is 0 Å². The minimum absolute atomic E-state index is 0.168. The van der Waals surface area contributed by atoms with Gasteiger partial charge in [-0.25, -0.2) is 4.39 Å². The van der Waals surface area contributed by atoms with Crippen LogP contribution in [-0.4, -0.2) is 42.3 Å². The summed E-state index contributed by atoms with van der Waals surface area (Å²) >= 11 is 0. The molecule has 1 aromatic rings. The number of unbranched alkanes of at least 4 members (excludes halogenated alkanes) is 2. The predicted octanol–water partition coefficient (Wildman–Crippen LogP) is 2.86. The predicted molar refractivity (Wildman–Crippen MR) is 80.4 cm³/mol. The summed E-state index contributed by atoms with van der Waals surface area (Å²) in [7, 11) is 0. The van der Waals surface area contributed by atoms with E-state index in [4.69, 9.17) is 5.11 Å². The third-order valence-electron chi connectivity index (χ3n) is 3.95. The first-order valence-electron chi connectivity index (χ1n) is 7.64. The normalized spacial score (nSPS) is 17.3. The molecule has 3 nitrogen and oxygen atoms in total. The molecule has 0 radical (unpaired) electrons. The number of piperidine rings is 1. The molecular formula is C16H25FN2O. The van der Waals surface area contributed by atoms with Crippen LogP contribution in [0.1, 0.15) is 32.1 Å². The highest BCUT2D eigenvalue weighted by atomic mass is 19.1. The second-order valence-electron chi connectivity index (χ2n) is 5.52. The van der Waals surface area contributed by atoms with Crippen LogP contribution >= 0.6 is 0 Å². The SMILES string of the molecule is OCCCCCN1CCC(Nc2ccccc2F)CC1. The second kappa shape index (κ2) is 8.22. The monoisotopic (exact) mass is 280 g/mol. The number of likely N-dealkylation sites (tertiary alicyclic amines) is 1. The topological polar surface area (TPSA) is 35.5 Å². The van der Waals surface area contributed by atoms with Crippen molar-refractivity contribution >= 4 is 5.69 Å². The molecule has 0 aromatic heterocycles. The number of hydrogen-bond acceptors (Lipinski definition) is 3. The van der Waals surface area contributed by atoms with Crippen molar-refractivity contribution in [1.82, 2.24) is 4.90 Å². The number of anilines is 1. The Morgan fingerprint density at radius 3 is 2.60 bits per heavy atom. The zero-order valence-corrected chi connectivity index (χ0v) is 12.0. The average molecular weight is 280 g/mol. The Labute approximate surface area is 120 Å². The van der Waals surface area contributed by atoms with Crippen molar-refractivity contribution in [2.24, 2.45) is 0 Å². The highest BCUT2D eigenvalue weighted by molar-refractivity contribution is 5.45. The largest absolute Gasteiger partial charge is 0.396 e. The molecule has 0 atom stereocenters. The summed E-state index contributed by atoms with van der Waals surface area (Å²) in [5.41, 5.74) is 0.619. The minimum atomic E-state index is -0.168. The quantitative estimate of drug-likeness (QED) is 0.754. The van der Waals surface area contributed by atoms with E-state index >= 15 is 0 Å². The lowest BCUT2D eigenvalue weighted by atomic mass is 10.0. The average Bonchev–Trinajstić information content (AvgIpc) is 2.48. The summed E-state index contributed by atoms with van der Waals surface area (Å²) in [6.07, 6.45) is 5.30. The number of rotatable bonds is 7. The van der Waals surface area contributed by atoms with E-state index in [0.717, 1.165) is 51.7 Å². The standard InChI is InChI=1S/C16H25FN2O/c17-15-6-2-3-7-16(15)18-14-8-11-19(12-9-14)10-4-1-5-13-20/h2-3,6-7,14,18,20H,1,4-5,8-13H2. The van der Waals surface area contributed by atoms with E-state index in [2.05, 4.69) is 10.2 Å². The lowest BCUT2D eigenvalue weighted by Gasteiger charge is -2.32. The summed E-state index contributed by atoms with van der Waals surface area (Å²) in [4.78, 5) is 2.47. The molecule has 0 saturated carbocycles. The van der Waals surface area contributed by atoms with E-state index in [1.54, 1.807) is 12.1 Å². The van der Waals surface area contributed by atoms with Crippen LogP contribution in [0.3, 0.4) is 0 Å². The Hall–Kier alpha value is -1.13. The van der Waals surface area contributed by atoms with E-state index in [-0.39, 0.29) is 5.82 Å². The molecule has 20 heavy (non-hydrogen) atoms. The Kier molecular flexibility index (Phi) is 6.27. The molecule has 2 N–H and O–H groups in total. The van der Waals surface area contributed by atoms with Crippen LogP contribution in [-0.2, 0) is 0 Å². The molecule has 0 aliphatic carbocycles. The van der Waals surface area contributed by atoms with Gasteiger partial charge in [0.1, 0.15) is 5.82 Å². The molecule has 0 bridgehead atoms. The van der Waals surface area contributed by atoms with Crippen LogP contribution in [0.15, 0.2) is 24.3 Å². The summed E-state index contributed by atoms with van der Waals surface area (Å²) in [5, 5.41) is 12.1. The van der Waals surface area contributed by atoms with Gasteiger partial charge in [0.25, 0.3) is 0 Å². The molecule has 112 valence electrons. The van der Waals surface area contributed by atoms with E-state index in [1.165, 1.54) is 6.07 Å². The van der Waals surface area contributed by atoms with Gasteiger partial charge < -0.3 is 15.3 Å². The maximum absolute atomic E-state index is 13.6. The van der Waals surface area contributed by atoms with Crippen LogP contribution < -0.4 is 5.32 Å². The molecule has 1 heterocycles. The van der Waals surface area contributed by atoms with Crippen molar-refractivity contribution in [3.05, 3.63) is 30.1 Å². The molecule has 1 fully saturated rings. The third-order valence-corrected chi connectivity index (χ3v) is 3.95. The van der Waals surface area contributed by atoms with Crippen LogP contribution in [0.4, 0.5) is 10.1 Å². The molecule has 2 rings (SSSR count). The number of para-hydroxylation sites is 1. The molecular weight excluding hydrogens is 255 g/mol. The summed E-state index contributed by atoms with van der Waals surface area (Å²) in [6.45, 7) is 3.57. The van der Waals surface area contributed by atoms with E-state index in [9.17, 15) is 4.39 Å². The number of hydrogen-bond donors (Lipinski definition) is 2. The fourth-order valence-electron chi connectivity index (χ4n) is 2.72. The van der Waals surface area contributed by atoms with Crippen LogP contribution in [0.5, 0.6) is 0 Å². The van der Waals surface area contributed by atoms with Gasteiger partial charge in [-0.1, -0.05) is 12.1 Å². The van der Waals surface area contributed by atoms with Crippen LogP contribution in [0, 0.1) is 5.82 Å². The number of nitrogens with zero attached hydrogens (tertiary/aromatic N) is 1. The minimum Gasteiger partial charge on any atom is -0.396 e. The molecule has 0 amide bonds. The maximum Gasteiger partial charge on any atom is 0.146 e. The number of aliphatic hydroxyl groups is 1. The number of nitrogens with one attached hydrogen (secondary N) is 1. The first-order valence-corrected chi connectivity index (χ1v) is 7.64. The van der Waals surface area contributed by atoms with Gasteiger partial charge in [-0.05, 0) is 50.8 Å². The Balaban J connectivity index is 1.68. The number of aliphatic hydroxyl groups excluding tert-OH is 1. The van der Waals surface area contributed by atoms with Crippen molar-refractivity contribution < 1.29 is 9.50 Å². The van der Waals surface area contributed by atoms with Crippen molar-refractivity contribution in [3.8, 4) is 0 Å². The molecule has 4 heteroatoms. The van der Waals surface area contributed by atoms with Crippen molar-refractivity contribution in [1.29, 1.82) is 0 Å². The molecule has 1 aromatic carbocycles. The fourth-order valence-corrected chi connectivity index (χ4v) is 2.72. The molecule has 0 spiro atoms. The Morgan fingerprint density at radius 1 is 1.15 bits per heavy atom. The lowest BCUT2D eigenvalue weighted by molar-refractivity contribution is 0.210. The van der Waals surface area contributed by atoms with Crippen molar-refractivity contribution in [3.63, 3.8) is 0 Å². The van der Waals surface area contributed by atoms with Gasteiger partial charge in [0.05, 0.1) is 5.69 Å². The van der Waals surface area contributed by atoms with E-state index < -0.39 is 0 Å². The van der Waals surface area contributed by atoms with Crippen molar-refractivity contribution in [2.75, 3.05) is 31.6 Å². The zero-order valence-electron chi connectivity index (χ0n) is 12.0. The molecule has 1 aliphatic heterocycles. The maximum atomic E-state index is 13.6. The second-order valence-corrected chi connectivity index (χ2v) is 5.52. The summed E-state index contributed by atoms with van der Waals surface area (Å²) in [5.74, 6) is -0.168. The number of halogens is 1. The lowest BCUT2D eigenvalue weighted by Crippen LogP contribution is -2.39. The van der Waals surface area contributed by atoms with Gasteiger partial charge in [0.15, 0.2) is 0 Å². The summed E-state index contributed by atoms with van der Waals surface area (Å²) in [6, 6.07) is 7.26. The Bertz CT molecular complexity index is 392. The molecule has 0 unspecified atom stereocenters. The van der Waals surface area contributed by atoms with Gasteiger partial charge in [-0.2, -0.15) is 0 Å². The van der Waals surface area contributed by atoms with E-state index in [1.807, 2.05) is 6.07 Å². The fraction of sp³-hybridized carbons (Fsp3) is 0.625. The highest BCUT2D eigenvalue weighted by Gasteiger charge is 2.19. The third kappa shape index (κ3) is 4.76. The molecule has 1 aliphatic rings. The first kappa shape index (κ1) is 15.3. The van der Waals surface area contributed by atoms with Crippen LogP contribution in [0.25, 0.3) is 0 Å². The first-order chi connectivity index (χ1) is 9.79. The Morgan fingerprint density at radius 2 is 1.90 bits per heavy atom. The van der Waals surface area contributed by atoms with Gasteiger partial charge >= 0.3 is 0 Å². The van der Waals surface area contributed by atoms with Gasteiger partial charge in [-0.15, -0.1) is 0 Å². The van der Waals surface area contributed by atoms with Crippen LogP contribution in [0.2, 0.25) is 0 Å². The van der Waals surface area contributed by atoms with Gasteiger partial charge in [0, 0.05) is 25.7 Å². The summed E-state index contributed by atoms with van der Waals surface area (Å²) < 4.78 is 13.6. The van der Waals surface area contributed by atoms with Crippen molar-refractivity contribution in [2.45, 2.75) is 38.1 Å². The smallest absolute Gasteiger partial charge is 0.146 e. The number of benzene rings is 1. The van der Waals surface area contributed by atoms with Gasteiger partial charge in [-0.3, -0.25) is 0 Å². The zero-order chi connectivity index (χ0) is 14.2. The highest BCUT2D eigenvalue weighted by Crippen LogP contribution is 2.19. The van der Waals surface area contributed by atoms with E-state index in [0.29, 0.717) is 18.3 Å².